The molecule has 0 bridgehead atoms. The molecule has 9 aromatic rings. The third-order valence-electron chi connectivity index (χ3n) is 9.13. The molecule has 9 rings (SSSR count). The van der Waals surface area contributed by atoms with Gasteiger partial charge in [0.05, 0.1) is 11.0 Å². The van der Waals surface area contributed by atoms with Gasteiger partial charge < -0.3 is 9.47 Å². The molecule has 0 atom stereocenters. The molecular formula is C44H30N2. The molecule has 1 aromatic heterocycles. The van der Waals surface area contributed by atoms with E-state index < -0.39 is 0 Å². The maximum atomic E-state index is 2.40. The minimum Gasteiger partial charge on any atom is -0.310 e. The van der Waals surface area contributed by atoms with E-state index in [4.69, 9.17) is 0 Å². The Balaban J connectivity index is 1.21. The Morgan fingerprint density at radius 1 is 0.348 bits per heavy atom. The van der Waals surface area contributed by atoms with Crippen molar-refractivity contribution in [3.05, 3.63) is 182 Å². The maximum absolute atomic E-state index is 2.40. The fourth-order valence-electron chi connectivity index (χ4n) is 6.99. The first-order valence-electron chi connectivity index (χ1n) is 15.8. The van der Waals surface area contributed by atoms with Gasteiger partial charge in [-0.2, -0.15) is 0 Å². The molecule has 0 spiro atoms. The van der Waals surface area contributed by atoms with Gasteiger partial charge in [-0.3, -0.25) is 0 Å². The van der Waals surface area contributed by atoms with Gasteiger partial charge in [-0.1, -0.05) is 121 Å². The Labute approximate surface area is 268 Å². The molecule has 0 aliphatic rings. The fraction of sp³-hybridized carbons (Fsp3) is 0. The summed E-state index contributed by atoms with van der Waals surface area (Å²) in [5.74, 6) is 0. The third-order valence-corrected chi connectivity index (χ3v) is 9.13. The fourth-order valence-corrected chi connectivity index (χ4v) is 6.99. The zero-order valence-electron chi connectivity index (χ0n) is 25.2. The number of aromatic nitrogens is 1. The molecule has 0 saturated heterocycles. The Hall–Kier alpha value is -6.12. The van der Waals surface area contributed by atoms with E-state index >= 15 is 0 Å². The van der Waals surface area contributed by atoms with E-state index in [1.807, 2.05) is 0 Å². The average Bonchev–Trinajstić information content (AvgIpc) is 3.47. The standard InChI is InChI=1S/C44H30N2/c1-2-11-31(12-3-1)35-16-10-17-38(29-35)45(39-23-21-32-13-4-5-15-34(32)30-39)36-24-26-37(27-25-36)46-42-20-9-8-19-41(42)44-40-18-7-6-14-33(40)22-28-43(44)46/h1-30H. The summed E-state index contributed by atoms with van der Waals surface area (Å²) in [6.45, 7) is 0. The van der Waals surface area contributed by atoms with Crippen LogP contribution in [0.5, 0.6) is 0 Å². The molecule has 2 nitrogen and oxygen atoms in total. The molecule has 0 unspecified atom stereocenters. The van der Waals surface area contributed by atoms with Gasteiger partial charge in [-0.25, -0.2) is 0 Å². The van der Waals surface area contributed by atoms with Gasteiger partial charge in [0.1, 0.15) is 0 Å². The van der Waals surface area contributed by atoms with Gasteiger partial charge in [0.25, 0.3) is 0 Å². The quantitative estimate of drug-likeness (QED) is 0.195. The van der Waals surface area contributed by atoms with Crippen LogP contribution < -0.4 is 4.90 Å². The summed E-state index contributed by atoms with van der Waals surface area (Å²) in [6, 6.07) is 65.7. The number of para-hydroxylation sites is 1. The van der Waals surface area contributed by atoms with E-state index in [1.165, 1.54) is 54.5 Å². The first kappa shape index (κ1) is 26.3. The summed E-state index contributed by atoms with van der Waals surface area (Å²) >= 11 is 0. The lowest BCUT2D eigenvalue weighted by Crippen LogP contribution is -2.10. The van der Waals surface area contributed by atoms with Gasteiger partial charge in [-0.05, 0) is 93.3 Å². The molecule has 2 heteroatoms. The number of hydrogen-bond donors (Lipinski definition) is 0. The Bertz CT molecular complexity index is 2520. The molecule has 0 radical (unpaired) electrons. The number of benzene rings is 8. The lowest BCUT2D eigenvalue weighted by atomic mass is 10.0. The van der Waals surface area contributed by atoms with Crippen LogP contribution in [0.1, 0.15) is 0 Å². The molecule has 46 heavy (non-hydrogen) atoms. The second kappa shape index (κ2) is 10.8. The molecular weight excluding hydrogens is 556 g/mol. The van der Waals surface area contributed by atoms with Crippen LogP contribution >= 0.6 is 0 Å². The lowest BCUT2D eigenvalue weighted by molar-refractivity contribution is 1.17. The molecule has 0 N–H and O–H groups in total. The average molecular weight is 587 g/mol. The van der Waals surface area contributed by atoms with Crippen molar-refractivity contribution in [1.29, 1.82) is 0 Å². The first-order chi connectivity index (χ1) is 22.8. The van der Waals surface area contributed by atoms with Crippen molar-refractivity contribution in [2.45, 2.75) is 0 Å². The zero-order chi connectivity index (χ0) is 30.5. The van der Waals surface area contributed by atoms with Crippen molar-refractivity contribution < 1.29 is 0 Å². The van der Waals surface area contributed by atoms with Gasteiger partial charge in [0, 0.05) is 33.5 Å². The van der Waals surface area contributed by atoms with E-state index in [0.717, 1.165) is 22.7 Å². The number of anilines is 3. The molecule has 0 fully saturated rings. The predicted molar refractivity (Wildman–Crippen MR) is 196 cm³/mol. The molecule has 0 aliphatic carbocycles. The highest BCUT2D eigenvalue weighted by atomic mass is 15.1. The SMILES string of the molecule is c1ccc(-c2cccc(N(c3ccc(-n4c5ccccc5c5c6ccccc6ccc54)cc3)c3ccc4ccccc4c3)c2)cc1. The maximum Gasteiger partial charge on any atom is 0.0547 e. The van der Waals surface area contributed by atoms with Crippen molar-refractivity contribution in [2.75, 3.05) is 4.90 Å². The van der Waals surface area contributed by atoms with Crippen LogP contribution in [0.25, 0.3) is 60.2 Å². The van der Waals surface area contributed by atoms with Gasteiger partial charge in [0.15, 0.2) is 0 Å². The summed E-state index contributed by atoms with van der Waals surface area (Å²) < 4.78 is 2.40. The van der Waals surface area contributed by atoms with E-state index in [9.17, 15) is 0 Å². The summed E-state index contributed by atoms with van der Waals surface area (Å²) in [7, 11) is 0. The van der Waals surface area contributed by atoms with E-state index in [1.54, 1.807) is 0 Å². The van der Waals surface area contributed by atoms with Gasteiger partial charge in [-0.15, -0.1) is 0 Å². The molecule has 0 saturated carbocycles. The second-order valence-corrected chi connectivity index (χ2v) is 11.8. The highest BCUT2D eigenvalue weighted by Gasteiger charge is 2.17. The molecule has 216 valence electrons. The topological polar surface area (TPSA) is 8.17 Å². The van der Waals surface area contributed by atoms with Gasteiger partial charge >= 0.3 is 0 Å². The van der Waals surface area contributed by atoms with Gasteiger partial charge in [0.2, 0.25) is 0 Å². The van der Waals surface area contributed by atoms with Crippen molar-refractivity contribution >= 4 is 60.4 Å². The number of rotatable bonds is 5. The Kier molecular flexibility index (Phi) is 6.17. The highest BCUT2D eigenvalue weighted by Crippen LogP contribution is 2.40. The van der Waals surface area contributed by atoms with Crippen LogP contribution in [-0.4, -0.2) is 4.57 Å². The Morgan fingerprint density at radius 3 is 1.83 bits per heavy atom. The molecule has 8 aromatic carbocycles. The number of fused-ring (bicyclic) bond motifs is 6. The zero-order valence-corrected chi connectivity index (χ0v) is 25.2. The number of hydrogen-bond acceptors (Lipinski definition) is 1. The molecule has 0 aliphatic heterocycles. The van der Waals surface area contributed by atoms with Crippen LogP contribution in [0.3, 0.4) is 0 Å². The number of nitrogens with zero attached hydrogens (tertiary/aromatic N) is 2. The minimum atomic E-state index is 1.11. The largest absolute Gasteiger partial charge is 0.310 e. The Morgan fingerprint density at radius 2 is 0.978 bits per heavy atom. The van der Waals surface area contributed by atoms with E-state index in [0.29, 0.717) is 0 Å². The monoisotopic (exact) mass is 586 g/mol. The molecule has 0 amide bonds. The van der Waals surface area contributed by atoms with Crippen LogP contribution in [0.2, 0.25) is 0 Å². The second-order valence-electron chi connectivity index (χ2n) is 11.8. The third kappa shape index (κ3) is 4.35. The van der Waals surface area contributed by atoms with Crippen molar-refractivity contribution in [2.24, 2.45) is 0 Å². The highest BCUT2D eigenvalue weighted by molar-refractivity contribution is 6.21. The normalized spacial score (nSPS) is 11.5. The van der Waals surface area contributed by atoms with E-state index in [-0.39, 0.29) is 0 Å². The van der Waals surface area contributed by atoms with E-state index in [2.05, 4.69) is 191 Å². The molecule has 1 heterocycles. The minimum absolute atomic E-state index is 1.11. The smallest absolute Gasteiger partial charge is 0.0547 e. The van der Waals surface area contributed by atoms with Crippen molar-refractivity contribution in [1.82, 2.24) is 4.57 Å². The van der Waals surface area contributed by atoms with Crippen LogP contribution in [0, 0.1) is 0 Å². The summed E-state index contributed by atoms with van der Waals surface area (Å²) in [4.78, 5) is 2.36. The first-order valence-corrected chi connectivity index (χ1v) is 15.8. The van der Waals surface area contributed by atoms with Crippen LogP contribution in [-0.2, 0) is 0 Å². The van der Waals surface area contributed by atoms with Crippen molar-refractivity contribution in [3.63, 3.8) is 0 Å². The van der Waals surface area contributed by atoms with Crippen LogP contribution in [0.15, 0.2) is 182 Å². The lowest BCUT2D eigenvalue weighted by Gasteiger charge is -2.26. The van der Waals surface area contributed by atoms with Crippen molar-refractivity contribution in [3.8, 4) is 16.8 Å². The summed E-state index contributed by atoms with van der Waals surface area (Å²) in [5.41, 5.74) is 9.32. The predicted octanol–water partition coefficient (Wildman–Crippen LogP) is 12.2. The summed E-state index contributed by atoms with van der Waals surface area (Å²) in [5, 5.41) is 7.57. The summed E-state index contributed by atoms with van der Waals surface area (Å²) in [6.07, 6.45) is 0. The van der Waals surface area contributed by atoms with Crippen LogP contribution in [0.4, 0.5) is 17.1 Å².